The molecule has 0 saturated carbocycles. The van der Waals surface area contributed by atoms with Crippen molar-refractivity contribution in [2.45, 2.75) is 31.5 Å². The first kappa shape index (κ1) is 18.4. The van der Waals surface area contributed by atoms with Crippen LogP contribution in [0.25, 0.3) is 0 Å². The third-order valence-corrected chi connectivity index (χ3v) is 5.59. The molecule has 3 N–H and O–H groups in total. The van der Waals surface area contributed by atoms with Crippen LogP contribution < -0.4 is 4.74 Å². The highest BCUT2D eigenvalue weighted by atomic mass is 127. The van der Waals surface area contributed by atoms with Gasteiger partial charge in [-0.3, -0.25) is 0 Å². The fourth-order valence-electron chi connectivity index (χ4n) is 2.08. The number of halogens is 3. The summed E-state index contributed by atoms with van der Waals surface area (Å²) in [7, 11) is 0. The molecule has 0 bridgehead atoms. The molecule has 118 valence electrons. The SMILES string of the molecule is CC1C(O)OC(C(O)COc2c(I)cc(I)cc2I)C1O. The van der Waals surface area contributed by atoms with Crippen LogP contribution in [-0.4, -0.2) is 46.5 Å². The van der Waals surface area contributed by atoms with Crippen molar-refractivity contribution in [1.82, 2.24) is 0 Å². The number of hydrogen-bond donors (Lipinski definition) is 3. The Morgan fingerprint density at radius 3 is 2.29 bits per heavy atom. The quantitative estimate of drug-likeness (QED) is 0.443. The number of aliphatic hydroxyl groups excluding tert-OH is 3. The van der Waals surface area contributed by atoms with E-state index in [2.05, 4.69) is 67.8 Å². The number of rotatable bonds is 4. The molecule has 1 heterocycles. The molecule has 0 radical (unpaired) electrons. The third kappa shape index (κ3) is 4.32. The summed E-state index contributed by atoms with van der Waals surface area (Å²) in [5, 5.41) is 29.6. The second kappa shape index (κ2) is 7.75. The van der Waals surface area contributed by atoms with E-state index in [1.807, 2.05) is 12.1 Å². The summed E-state index contributed by atoms with van der Waals surface area (Å²) in [5.74, 6) is 0.278. The summed E-state index contributed by atoms with van der Waals surface area (Å²) in [6.07, 6.45) is -3.81. The van der Waals surface area contributed by atoms with E-state index in [0.29, 0.717) is 5.75 Å². The highest BCUT2D eigenvalue weighted by molar-refractivity contribution is 14.1. The molecular weight excluding hydrogens is 617 g/mol. The maximum absolute atomic E-state index is 10.1. The van der Waals surface area contributed by atoms with Crippen molar-refractivity contribution in [3.63, 3.8) is 0 Å². The minimum atomic E-state index is -1.06. The van der Waals surface area contributed by atoms with Crippen molar-refractivity contribution in [3.8, 4) is 5.75 Å². The number of aliphatic hydroxyl groups is 3. The maximum atomic E-state index is 10.1. The average molecular weight is 632 g/mol. The van der Waals surface area contributed by atoms with Crippen LogP contribution in [0.4, 0.5) is 0 Å². The van der Waals surface area contributed by atoms with Crippen LogP contribution in [0, 0.1) is 16.6 Å². The fraction of sp³-hybridized carbons (Fsp3) is 0.538. The van der Waals surface area contributed by atoms with Gasteiger partial charge in [0.2, 0.25) is 0 Å². The highest BCUT2D eigenvalue weighted by Gasteiger charge is 2.43. The largest absolute Gasteiger partial charge is 0.489 e. The molecule has 8 heteroatoms. The first-order chi connectivity index (χ1) is 9.81. The van der Waals surface area contributed by atoms with Crippen molar-refractivity contribution in [2.75, 3.05) is 6.61 Å². The van der Waals surface area contributed by atoms with E-state index in [1.54, 1.807) is 6.92 Å². The van der Waals surface area contributed by atoms with Gasteiger partial charge in [0.05, 0.1) is 13.2 Å². The third-order valence-electron chi connectivity index (χ3n) is 3.36. The smallest absolute Gasteiger partial charge is 0.160 e. The lowest BCUT2D eigenvalue weighted by Gasteiger charge is -2.22. The molecule has 1 saturated heterocycles. The molecule has 2 rings (SSSR count). The van der Waals surface area contributed by atoms with Crippen molar-refractivity contribution in [1.29, 1.82) is 0 Å². The van der Waals surface area contributed by atoms with Gasteiger partial charge in [-0.15, -0.1) is 0 Å². The fourth-order valence-corrected chi connectivity index (χ4v) is 5.98. The summed E-state index contributed by atoms with van der Waals surface area (Å²) >= 11 is 6.59. The molecule has 21 heavy (non-hydrogen) atoms. The number of ether oxygens (including phenoxy) is 2. The minimum Gasteiger partial charge on any atom is -0.489 e. The molecule has 1 fully saturated rings. The lowest BCUT2D eigenvalue weighted by molar-refractivity contribution is -0.140. The zero-order chi connectivity index (χ0) is 15.7. The van der Waals surface area contributed by atoms with E-state index >= 15 is 0 Å². The summed E-state index contributed by atoms with van der Waals surface area (Å²) in [6.45, 7) is 1.67. The molecule has 0 amide bonds. The number of hydrogen-bond acceptors (Lipinski definition) is 5. The average Bonchev–Trinajstić information content (AvgIpc) is 2.65. The molecule has 5 nitrogen and oxygen atoms in total. The maximum Gasteiger partial charge on any atom is 0.160 e. The molecule has 0 aromatic heterocycles. The summed E-state index contributed by atoms with van der Waals surface area (Å²) < 4.78 is 13.9. The Morgan fingerprint density at radius 2 is 1.81 bits per heavy atom. The molecular formula is C13H15I3O5. The van der Waals surface area contributed by atoms with Crippen LogP contribution in [0.5, 0.6) is 5.75 Å². The Labute approximate surface area is 163 Å². The van der Waals surface area contributed by atoms with Gasteiger partial charge >= 0.3 is 0 Å². The Bertz CT molecular complexity index is 490. The predicted molar refractivity (Wildman–Crippen MR) is 102 cm³/mol. The van der Waals surface area contributed by atoms with Gasteiger partial charge in [0.1, 0.15) is 24.6 Å². The molecule has 1 aromatic carbocycles. The Hall–Kier alpha value is 1.05. The standard InChI is InChI=1S/C13H15I3O5/c1-5-10(18)12(21-13(5)19)9(17)4-20-11-7(15)2-6(14)3-8(11)16/h2-3,5,9-10,12-13,17-19H,4H2,1H3. The van der Waals surface area contributed by atoms with Gasteiger partial charge in [-0.25, -0.2) is 0 Å². The second-order valence-electron chi connectivity index (χ2n) is 4.92. The van der Waals surface area contributed by atoms with E-state index in [1.165, 1.54) is 0 Å². The first-order valence-electron chi connectivity index (χ1n) is 6.28. The van der Waals surface area contributed by atoms with E-state index < -0.39 is 30.5 Å². The lowest BCUT2D eigenvalue weighted by atomic mass is 10.00. The topological polar surface area (TPSA) is 79.2 Å². The summed E-state index contributed by atoms with van der Waals surface area (Å²) in [6, 6.07) is 3.97. The summed E-state index contributed by atoms with van der Waals surface area (Å²) in [4.78, 5) is 0. The van der Waals surface area contributed by atoms with Gasteiger partial charge < -0.3 is 24.8 Å². The van der Waals surface area contributed by atoms with Gasteiger partial charge in [-0.05, 0) is 79.9 Å². The van der Waals surface area contributed by atoms with Crippen LogP contribution in [-0.2, 0) is 4.74 Å². The van der Waals surface area contributed by atoms with Crippen molar-refractivity contribution < 1.29 is 24.8 Å². The van der Waals surface area contributed by atoms with Gasteiger partial charge in [-0.2, -0.15) is 0 Å². The van der Waals surface area contributed by atoms with Crippen LogP contribution in [0.3, 0.4) is 0 Å². The van der Waals surface area contributed by atoms with Crippen LogP contribution >= 0.6 is 67.8 Å². The Balaban J connectivity index is 2.00. The van der Waals surface area contributed by atoms with Gasteiger partial charge in [0, 0.05) is 9.49 Å². The van der Waals surface area contributed by atoms with Gasteiger partial charge in [-0.1, -0.05) is 6.92 Å². The van der Waals surface area contributed by atoms with Crippen LogP contribution in [0.2, 0.25) is 0 Å². The zero-order valence-corrected chi connectivity index (χ0v) is 17.5. The van der Waals surface area contributed by atoms with Crippen LogP contribution in [0.15, 0.2) is 12.1 Å². The molecule has 0 aliphatic carbocycles. The summed E-state index contributed by atoms with van der Waals surface area (Å²) in [5.41, 5.74) is 0. The number of benzene rings is 1. The Morgan fingerprint density at radius 1 is 1.24 bits per heavy atom. The molecule has 0 spiro atoms. The molecule has 5 atom stereocenters. The molecule has 1 aliphatic heterocycles. The van der Waals surface area contributed by atoms with Crippen LogP contribution in [0.1, 0.15) is 6.92 Å². The highest BCUT2D eigenvalue weighted by Crippen LogP contribution is 2.31. The lowest BCUT2D eigenvalue weighted by Crippen LogP contribution is -2.40. The van der Waals surface area contributed by atoms with Gasteiger partial charge in [0.25, 0.3) is 0 Å². The van der Waals surface area contributed by atoms with Gasteiger partial charge in [0.15, 0.2) is 6.29 Å². The normalized spacial score (nSPS) is 30.4. The van der Waals surface area contributed by atoms with E-state index in [0.717, 1.165) is 10.7 Å². The van der Waals surface area contributed by atoms with Crippen molar-refractivity contribution in [2.24, 2.45) is 5.92 Å². The van der Waals surface area contributed by atoms with E-state index in [-0.39, 0.29) is 6.61 Å². The predicted octanol–water partition coefficient (Wildman–Crippen LogP) is 1.95. The van der Waals surface area contributed by atoms with E-state index in [9.17, 15) is 15.3 Å². The second-order valence-corrected chi connectivity index (χ2v) is 8.49. The first-order valence-corrected chi connectivity index (χ1v) is 9.52. The van der Waals surface area contributed by atoms with Crippen molar-refractivity contribution in [3.05, 3.63) is 22.8 Å². The van der Waals surface area contributed by atoms with E-state index in [4.69, 9.17) is 9.47 Å². The minimum absolute atomic E-state index is 0.00619. The molecule has 5 unspecified atom stereocenters. The Kier molecular flexibility index (Phi) is 6.78. The molecule has 1 aliphatic rings. The molecule has 1 aromatic rings. The monoisotopic (exact) mass is 632 g/mol. The zero-order valence-electron chi connectivity index (χ0n) is 11.0. The van der Waals surface area contributed by atoms with Crippen molar-refractivity contribution >= 4 is 67.8 Å².